The standard InChI is InChI=1S/C32H56O2/c1-7-26-25(15-14-24-21-31(5,34)19-20-32(24,26)6)28-17-16-27(30(28,3)4)22(2)13-18-29(33)23-11-9-8-10-12-23/h14,22-23,25-29,33-34H,7-13,15-21H2,1-6H3/t22-,25-,26+,27-,28+,29-,31+,32+/m1/s1. The molecule has 0 radical (unpaired) electrons. The van der Waals surface area contributed by atoms with E-state index in [1.165, 1.54) is 64.2 Å². The van der Waals surface area contributed by atoms with Gasteiger partial charge in [0.2, 0.25) is 0 Å². The van der Waals surface area contributed by atoms with Crippen LogP contribution in [0.15, 0.2) is 11.6 Å². The normalized spacial score (nSPS) is 42.6. The number of allylic oxidation sites excluding steroid dienone is 1. The minimum Gasteiger partial charge on any atom is -0.393 e. The quantitative estimate of drug-likeness (QED) is 0.366. The zero-order valence-corrected chi connectivity index (χ0v) is 23.4. The highest BCUT2D eigenvalue weighted by atomic mass is 16.3. The van der Waals surface area contributed by atoms with Crippen molar-refractivity contribution in [3.63, 3.8) is 0 Å². The summed E-state index contributed by atoms with van der Waals surface area (Å²) in [6, 6.07) is 0. The highest BCUT2D eigenvalue weighted by Gasteiger charge is 2.55. The van der Waals surface area contributed by atoms with Gasteiger partial charge in [0.05, 0.1) is 11.7 Å². The van der Waals surface area contributed by atoms with Crippen molar-refractivity contribution in [2.75, 3.05) is 0 Å². The SMILES string of the molecule is CC[C@H]1[C@H]([C@@H]2CC[C@H]([C@H](C)CC[C@@H](O)C3CCCCC3)C2(C)C)CC=C2C[C@@](C)(O)CC[C@@]21C. The molecule has 8 atom stereocenters. The summed E-state index contributed by atoms with van der Waals surface area (Å²) >= 11 is 0. The molecule has 3 fully saturated rings. The number of hydrogen-bond acceptors (Lipinski definition) is 2. The smallest absolute Gasteiger partial charge is 0.0657 e. The number of aliphatic hydroxyl groups is 2. The third-order valence-electron chi connectivity index (χ3n) is 11.9. The number of hydrogen-bond donors (Lipinski definition) is 2. The Hall–Kier alpha value is -0.340. The molecule has 0 unspecified atom stereocenters. The Morgan fingerprint density at radius 2 is 1.68 bits per heavy atom. The third-order valence-corrected chi connectivity index (χ3v) is 11.9. The van der Waals surface area contributed by atoms with E-state index in [2.05, 4.69) is 40.7 Å². The van der Waals surface area contributed by atoms with Gasteiger partial charge in [0.1, 0.15) is 0 Å². The van der Waals surface area contributed by atoms with Crippen LogP contribution in [0.3, 0.4) is 0 Å². The summed E-state index contributed by atoms with van der Waals surface area (Å²) in [5.74, 6) is 4.37. The van der Waals surface area contributed by atoms with Gasteiger partial charge in [0.15, 0.2) is 0 Å². The van der Waals surface area contributed by atoms with Gasteiger partial charge in [-0.2, -0.15) is 0 Å². The van der Waals surface area contributed by atoms with Crippen molar-refractivity contribution in [2.45, 2.75) is 143 Å². The fraction of sp³-hybridized carbons (Fsp3) is 0.938. The van der Waals surface area contributed by atoms with Crippen LogP contribution in [0.1, 0.15) is 131 Å². The lowest BCUT2D eigenvalue weighted by Crippen LogP contribution is -2.48. The van der Waals surface area contributed by atoms with Crippen LogP contribution in [0.4, 0.5) is 0 Å². The molecule has 0 aromatic rings. The summed E-state index contributed by atoms with van der Waals surface area (Å²) in [7, 11) is 0. The van der Waals surface area contributed by atoms with Gasteiger partial charge in [-0.25, -0.2) is 0 Å². The van der Waals surface area contributed by atoms with Crippen molar-refractivity contribution in [1.82, 2.24) is 0 Å². The average molecular weight is 473 g/mol. The van der Waals surface area contributed by atoms with E-state index in [-0.39, 0.29) is 11.5 Å². The van der Waals surface area contributed by atoms with Crippen LogP contribution in [0.5, 0.6) is 0 Å². The van der Waals surface area contributed by atoms with Crippen molar-refractivity contribution in [3.05, 3.63) is 11.6 Å². The lowest BCUT2D eigenvalue weighted by Gasteiger charge is -2.55. The largest absolute Gasteiger partial charge is 0.393 e. The van der Waals surface area contributed by atoms with E-state index >= 15 is 0 Å². The molecule has 0 amide bonds. The van der Waals surface area contributed by atoms with Crippen molar-refractivity contribution < 1.29 is 10.2 Å². The molecule has 0 aromatic heterocycles. The second-order valence-electron chi connectivity index (χ2n) is 14.4. The lowest BCUT2D eigenvalue weighted by molar-refractivity contribution is -0.0332. The van der Waals surface area contributed by atoms with Crippen LogP contribution in [0, 0.1) is 46.3 Å². The van der Waals surface area contributed by atoms with Gasteiger partial charge in [-0.3, -0.25) is 0 Å². The second-order valence-corrected chi connectivity index (χ2v) is 14.4. The predicted molar refractivity (Wildman–Crippen MR) is 144 cm³/mol. The van der Waals surface area contributed by atoms with Gasteiger partial charge in [-0.05, 0) is 117 Å². The Labute approximate surface area is 211 Å². The molecule has 2 nitrogen and oxygen atoms in total. The molecule has 0 aromatic carbocycles. The van der Waals surface area contributed by atoms with Gasteiger partial charge in [0, 0.05) is 0 Å². The number of aliphatic hydroxyl groups excluding tert-OH is 1. The molecule has 0 aliphatic heterocycles. The summed E-state index contributed by atoms with van der Waals surface area (Å²) in [5.41, 5.74) is 1.70. The molecule has 0 spiro atoms. The summed E-state index contributed by atoms with van der Waals surface area (Å²) < 4.78 is 0. The number of fused-ring (bicyclic) bond motifs is 1. The minimum atomic E-state index is -0.508. The predicted octanol–water partition coefficient (Wildman–Crippen LogP) is 8.31. The third kappa shape index (κ3) is 5.06. The van der Waals surface area contributed by atoms with Crippen molar-refractivity contribution in [1.29, 1.82) is 0 Å². The molecule has 0 saturated heterocycles. The maximum absolute atomic E-state index is 10.9. The Bertz CT molecular complexity index is 715. The first kappa shape index (κ1) is 26.7. The Kier molecular flexibility index (Phi) is 8.01. The fourth-order valence-electron chi connectivity index (χ4n) is 9.78. The van der Waals surface area contributed by atoms with Crippen LogP contribution < -0.4 is 0 Å². The second kappa shape index (κ2) is 10.2. The van der Waals surface area contributed by atoms with Gasteiger partial charge in [0.25, 0.3) is 0 Å². The first-order valence-electron chi connectivity index (χ1n) is 15.1. The highest BCUT2D eigenvalue weighted by molar-refractivity contribution is 5.25. The molecular formula is C32H56O2. The van der Waals surface area contributed by atoms with Crippen LogP contribution in [-0.2, 0) is 0 Å². The van der Waals surface area contributed by atoms with Crippen molar-refractivity contribution >= 4 is 0 Å². The van der Waals surface area contributed by atoms with Crippen LogP contribution in [-0.4, -0.2) is 21.9 Å². The fourth-order valence-corrected chi connectivity index (χ4v) is 9.78. The van der Waals surface area contributed by atoms with E-state index in [0.29, 0.717) is 17.3 Å². The Balaban J connectivity index is 1.42. The minimum absolute atomic E-state index is 0.0714. The van der Waals surface area contributed by atoms with Crippen LogP contribution >= 0.6 is 0 Å². The molecule has 3 saturated carbocycles. The van der Waals surface area contributed by atoms with E-state index in [9.17, 15) is 10.2 Å². The average Bonchev–Trinajstić information content (AvgIpc) is 3.11. The summed E-state index contributed by atoms with van der Waals surface area (Å²) in [6.45, 7) is 14.7. The number of rotatable bonds is 7. The van der Waals surface area contributed by atoms with Crippen LogP contribution in [0.2, 0.25) is 0 Å². The highest BCUT2D eigenvalue weighted by Crippen LogP contribution is 2.62. The van der Waals surface area contributed by atoms with E-state index < -0.39 is 5.60 Å². The Morgan fingerprint density at radius 1 is 0.971 bits per heavy atom. The van der Waals surface area contributed by atoms with E-state index in [1.54, 1.807) is 5.57 Å². The first-order chi connectivity index (χ1) is 16.0. The van der Waals surface area contributed by atoms with Crippen molar-refractivity contribution in [2.24, 2.45) is 46.3 Å². The molecule has 0 heterocycles. The maximum atomic E-state index is 10.9. The van der Waals surface area contributed by atoms with Crippen molar-refractivity contribution in [3.8, 4) is 0 Å². The summed E-state index contributed by atoms with van der Waals surface area (Å²) in [6.07, 6.45) is 19.4. The molecule has 196 valence electrons. The topological polar surface area (TPSA) is 40.5 Å². The molecule has 4 rings (SSSR count). The van der Waals surface area contributed by atoms with Gasteiger partial charge in [-0.1, -0.05) is 72.0 Å². The van der Waals surface area contributed by atoms with Gasteiger partial charge >= 0.3 is 0 Å². The summed E-state index contributed by atoms with van der Waals surface area (Å²) in [5, 5.41) is 21.6. The van der Waals surface area contributed by atoms with Gasteiger partial charge < -0.3 is 10.2 Å². The first-order valence-corrected chi connectivity index (χ1v) is 15.1. The molecule has 2 heteroatoms. The molecule has 4 aliphatic carbocycles. The van der Waals surface area contributed by atoms with Gasteiger partial charge in [-0.15, -0.1) is 0 Å². The van der Waals surface area contributed by atoms with E-state index in [4.69, 9.17) is 0 Å². The van der Waals surface area contributed by atoms with Crippen LogP contribution in [0.25, 0.3) is 0 Å². The van der Waals surface area contributed by atoms with E-state index in [1.807, 2.05) is 6.92 Å². The zero-order valence-electron chi connectivity index (χ0n) is 23.4. The Morgan fingerprint density at radius 3 is 2.35 bits per heavy atom. The maximum Gasteiger partial charge on any atom is 0.0657 e. The van der Waals surface area contributed by atoms with E-state index in [0.717, 1.165) is 49.4 Å². The summed E-state index contributed by atoms with van der Waals surface area (Å²) in [4.78, 5) is 0. The molecular weight excluding hydrogens is 416 g/mol. The molecule has 4 aliphatic rings. The monoisotopic (exact) mass is 472 g/mol. The molecule has 2 N–H and O–H groups in total. The zero-order chi connectivity index (χ0) is 24.7. The lowest BCUT2D eigenvalue weighted by atomic mass is 9.50. The molecule has 34 heavy (non-hydrogen) atoms. The molecule has 0 bridgehead atoms.